The number of nitrogen functional groups attached to an aromatic ring is 2. The van der Waals surface area contributed by atoms with E-state index in [1.165, 1.54) is 24.5 Å². The van der Waals surface area contributed by atoms with Crippen LogP contribution in [0.1, 0.15) is 20.7 Å². The van der Waals surface area contributed by atoms with Gasteiger partial charge in [0.2, 0.25) is 0 Å². The van der Waals surface area contributed by atoms with Crippen LogP contribution in [0.2, 0.25) is 0 Å². The molecule has 5 N–H and O–H groups in total. The van der Waals surface area contributed by atoms with E-state index in [0.717, 1.165) is 0 Å². The van der Waals surface area contributed by atoms with Gasteiger partial charge in [-0.05, 0) is 24.3 Å². The zero-order valence-electron chi connectivity index (χ0n) is 13.5. The molecule has 1 saturated heterocycles. The van der Waals surface area contributed by atoms with E-state index in [2.05, 4.69) is 9.97 Å². The van der Waals surface area contributed by atoms with Gasteiger partial charge in [0, 0.05) is 25.5 Å². The van der Waals surface area contributed by atoms with Crippen LogP contribution in [-0.4, -0.2) is 58.2 Å². The summed E-state index contributed by atoms with van der Waals surface area (Å²) >= 11 is 0. The summed E-state index contributed by atoms with van der Waals surface area (Å²) in [6.07, 6.45) is 2.73. The van der Waals surface area contributed by atoms with Crippen LogP contribution < -0.4 is 11.5 Å². The van der Waals surface area contributed by atoms with Crippen molar-refractivity contribution in [3.8, 4) is 0 Å². The number of morpholine rings is 1. The SMILES string of the molecule is Nc1ccc(C(=O)N2CCOCC2)cn1.Nc1ccc(C(=O)O)cn1. The number of carbonyl (C=O) groups is 2. The number of amides is 1. The Morgan fingerprint density at radius 1 is 0.960 bits per heavy atom. The normalized spacial score (nSPS) is 13.5. The molecule has 3 rings (SSSR count). The van der Waals surface area contributed by atoms with Crippen molar-refractivity contribution >= 4 is 23.5 Å². The minimum absolute atomic E-state index is 0.00852. The molecular formula is C16H19N5O4. The molecule has 0 saturated carbocycles. The molecule has 2 aromatic rings. The molecule has 9 heteroatoms. The summed E-state index contributed by atoms with van der Waals surface area (Å²) in [6.45, 7) is 2.49. The van der Waals surface area contributed by atoms with E-state index in [9.17, 15) is 9.59 Å². The highest BCUT2D eigenvalue weighted by atomic mass is 16.5. The van der Waals surface area contributed by atoms with Gasteiger partial charge >= 0.3 is 5.97 Å². The highest BCUT2D eigenvalue weighted by Crippen LogP contribution is 2.07. The summed E-state index contributed by atoms with van der Waals surface area (Å²) in [7, 11) is 0. The van der Waals surface area contributed by atoms with Gasteiger partial charge in [0.05, 0.1) is 24.3 Å². The molecule has 0 aliphatic carbocycles. The molecule has 1 amide bonds. The topological polar surface area (TPSA) is 145 Å². The predicted molar refractivity (Wildman–Crippen MR) is 91.0 cm³/mol. The molecule has 3 heterocycles. The summed E-state index contributed by atoms with van der Waals surface area (Å²) in [5.74, 6) is -0.253. The van der Waals surface area contributed by atoms with Gasteiger partial charge in [-0.25, -0.2) is 14.8 Å². The van der Waals surface area contributed by atoms with Crippen LogP contribution in [0, 0.1) is 0 Å². The van der Waals surface area contributed by atoms with Crippen LogP contribution in [0.3, 0.4) is 0 Å². The molecule has 1 fully saturated rings. The maximum Gasteiger partial charge on any atom is 0.337 e. The molecule has 0 bridgehead atoms. The molecule has 0 spiro atoms. The number of carboxylic acids is 1. The van der Waals surface area contributed by atoms with Crippen LogP contribution in [0.25, 0.3) is 0 Å². The Balaban J connectivity index is 0.000000196. The van der Waals surface area contributed by atoms with Crippen LogP contribution >= 0.6 is 0 Å². The maximum absolute atomic E-state index is 11.9. The largest absolute Gasteiger partial charge is 0.478 e. The number of hydrogen-bond acceptors (Lipinski definition) is 7. The molecule has 0 unspecified atom stereocenters. The van der Waals surface area contributed by atoms with E-state index in [-0.39, 0.29) is 11.5 Å². The number of carbonyl (C=O) groups excluding carboxylic acids is 1. The average molecular weight is 345 g/mol. The Hall–Kier alpha value is -3.20. The van der Waals surface area contributed by atoms with E-state index in [1.807, 2.05) is 0 Å². The van der Waals surface area contributed by atoms with E-state index in [4.69, 9.17) is 21.3 Å². The number of rotatable bonds is 2. The second-order valence-electron chi connectivity index (χ2n) is 5.15. The minimum atomic E-state index is -0.993. The van der Waals surface area contributed by atoms with Gasteiger partial charge < -0.3 is 26.2 Å². The molecular weight excluding hydrogens is 326 g/mol. The Labute approximate surface area is 144 Å². The van der Waals surface area contributed by atoms with E-state index >= 15 is 0 Å². The van der Waals surface area contributed by atoms with Gasteiger partial charge in [-0.3, -0.25) is 4.79 Å². The van der Waals surface area contributed by atoms with E-state index in [0.29, 0.717) is 43.5 Å². The summed E-state index contributed by atoms with van der Waals surface area (Å²) in [4.78, 5) is 31.4. The van der Waals surface area contributed by atoms with Gasteiger partial charge in [-0.1, -0.05) is 0 Å². The third kappa shape index (κ3) is 5.43. The molecule has 0 atom stereocenters. The predicted octanol–water partition coefficient (Wildman–Crippen LogP) is 0.498. The highest BCUT2D eigenvalue weighted by Gasteiger charge is 2.18. The Morgan fingerprint density at radius 3 is 1.92 bits per heavy atom. The molecule has 1 aliphatic heterocycles. The Bertz CT molecular complexity index is 712. The molecule has 0 aromatic carbocycles. The summed E-state index contributed by atoms with van der Waals surface area (Å²) < 4.78 is 5.18. The first-order chi connectivity index (χ1) is 12.0. The number of ether oxygens (including phenoxy) is 1. The van der Waals surface area contributed by atoms with Crippen molar-refractivity contribution in [2.75, 3.05) is 37.8 Å². The number of aromatic carboxylic acids is 1. The Morgan fingerprint density at radius 2 is 1.48 bits per heavy atom. The van der Waals surface area contributed by atoms with E-state index in [1.54, 1.807) is 17.0 Å². The van der Waals surface area contributed by atoms with Crippen molar-refractivity contribution in [2.45, 2.75) is 0 Å². The van der Waals surface area contributed by atoms with Crippen LogP contribution in [0.15, 0.2) is 36.7 Å². The number of aromatic nitrogens is 2. The zero-order chi connectivity index (χ0) is 18.2. The number of anilines is 2. The van der Waals surface area contributed by atoms with Crippen molar-refractivity contribution in [2.24, 2.45) is 0 Å². The fourth-order valence-corrected chi connectivity index (χ4v) is 2.01. The van der Waals surface area contributed by atoms with Crippen molar-refractivity contribution in [3.63, 3.8) is 0 Å². The lowest BCUT2D eigenvalue weighted by atomic mass is 10.2. The monoisotopic (exact) mass is 345 g/mol. The molecule has 0 radical (unpaired) electrons. The molecule has 9 nitrogen and oxygen atoms in total. The van der Waals surface area contributed by atoms with Crippen molar-refractivity contribution in [1.82, 2.24) is 14.9 Å². The number of pyridine rings is 2. The van der Waals surface area contributed by atoms with Crippen molar-refractivity contribution < 1.29 is 19.4 Å². The van der Waals surface area contributed by atoms with Gasteiger partial charge in [-0.15, -0.1) is 0 Å². The second kappa shape index (κ2) is 8.60. The van der Waals surface area contributed by atoms with Crippen molar-refractivity contribution in [3.05, 3.63) is 47.8 Å². The average Bonchev–Trinajstić information content (AvgIpc) is 2.63. The first kappa shape index (κ1) is 18.1. The lowest BCUT2D eigenvalue weighted by molar-refractivity contribution is 0.0302. The second-order valence-corrected chi connectivity index (χ2v) is 5.15. The first-order valence-corrected chi connectivity index (χ1v) is 7.50. The lowest BCUT2D eigenvalue weighted by Gasteiger charge is -2.26. The third-order valence-corrected chi connectivity index (χ3v) is 3.36. The molecule has 1 aliphatic rings. The van der Waals surface area contributed by atoms with Crippen LogP contribution in [0.5, 0.6) is 0 Å². The van der Waals surface area contributed by atoms with Gasteiger partial charge in [0.1, 0.15) is 11.6 Å². The quantitative estimate of drug-likeness (QED) is 0.713. The van der Waals surface area contributed by atoms with Gasteiger partial charge in [0.25, 0.3) is 5.91 Å². The van der Waals surface area contributed by atoms with E-state index < -0.39 is 5.97 Å². The maximum atomic E-state index is 11.9. The molecule has 132 valence electrons. The van der Waals surface area contributed by atoms with Crippen LogP contribution in [-0.2, 0) is 4.74 Å². The molecule has 2 aromatic heterocycles. The number of nitrogens with two attached hydrogens (primary N) is 2. The zero-order valence-corrected chi connectivity index (χ0v) is 13.5. The summed E-state index contributed by atoms with van der Waals surface area (Å²) in [5, 5.41) is 8.39. The number of nitrogens with zero attached hydrogens (tertiary/aromatic N) is 3. The first-order valence-electron chi connectivity index (χ1n) is 7.50. The lowest BCUT2D eigenvalue weighted by Crippen LogP contribution is -2.40. The fourth-order valence-electron chi connectivity index (χ4n) is 2.01. The highest BCUT2D eigenvalue weighted by molar-refractivity contribution is 5.94. The number of hydrogen-bond donors (Lipinski definition) is 3. The smallest absolute Gasteiger partial charge is 0.337 e. The summed E-state index contributed by atoms with van der Waals surface area (Å²) in [6, 6.07) is 6.18. The standard InChI is InChI=1S/C10H13N3O2.C6H6N2O2/c11-9-2-1-8(7-12-9)10(14)13-3-5-15-6-4-13;7-5-2-1-4(3-8-5)6(9)10/h1-2,7H,3-6H2,(H2,11,12);1-3H,(H2,7,8)(H,9,10). The number of carboxylic acid groups (broad SMARTS) is 1. The molecule has 25 heavy (non-hydrogen) atoms. The van der Waals surface area contributed by atoms with Crippen molar-refractivity contribution in [1.29, 1.82) is 0 Å². The third-order valence-electron chi connectivity index (χ3n) is 3.36. The summed E-state index contributed by atoms with van der Waals surface area (Å²) in [5.41, 5.74) is 11.4. The van der Waals surface area contributed by atoms with Crippen LogP contribution in [0.4, 0.5) is 11.6 Å². The van der Waals surface area contributed by atoms with Gasteiger partial charge in [-0.2, -0.15) is 0 Å². The fraction of sp³-hybridized carbons (Fsp3) is 0.250. The van der Waals surface area contributed by atoms with Gasteiger partial charge in [0.15, 0.2) is 0 Å². The Kier molecular flexibility index (Phi) is 6.24. The minimum Gasteiger partial charge on any atom is -0.478 e.